The van der Waals surface area contributed by atoms with Gasteiger partial charge >= 0.3 is 6.09 Å². The Hall–Kier alpha value is -1.50. The van der Waals surface area contributed by atoms with E-state index in [0.29, 0.717) is 0 Å². The smallest absolute Gasteiger partial charge is 0.407 e. The standard InChI is InChI=1S/C17H35N5O2/c1-7-18-15(19-10-8-11-21(5)6)22-12-9-14(13-22)20-16(23)24-17(2,3)4/h14H,7-13H2,1-6H3,(H,18,19)(H,20,23). The van der Waals surface area contributed by atoms with Gasteiger partial charge in [-0.05, 0) is 61.2 Å². The molecule has 0 bridgehead atoms. The zero-order chi connectivity index (χ0) is 18.2. The van der Waals surface area contributed by atoms with Gasteiger partial charge in [0.05, 0.1) is 6.04 Å². The Balaban J connectivity index is 2.47. The quantitative estimate of drug-likeness (QED) is 0.435. The molecule has 1 rings (SSSR count). The molecular weight excluding hydrogens is 306 g/mol. The average molecular weight is 342 g/mol. The second-order valence-corrected chi connectivity index (χ2v) is 7.47. The van der Waals surface area contributed by atoms with Crippen LogP contribution in [0.25, 0.3) is 0 Å². The molecule has 1 saturated heterocycles. The molecule has 1 aliphatic heterocycles. The van der Waals surface area contributed by atoms with E-state index in [4.69, 9.17) is 9.73 Å². The third-order valence-electron chi connectivity index (χ3n) is 3.57. The fraction of sp³-hybridized carbons (Fsp3) is 0.882. The molecule has 0 aromatic rings. The summed E-state index contributed by atoms with van der Waals surface area (Å²) >= 11 is 0. The van der Waals surface area contributed by atoms with Crippen LogP contribution >= 0.6 is 0 Å². The summed E-state index contributed by atoms with van der Waals surface area (Å²) in [4.78, 5) is 21.0. The lowest BCUT2D eigenvalue weighted by molar-refractivity contribution is 0.0507. The lowest BCUT2D eigenvalue weighted by Crippen LogP contribution is -2.44. The van der Waals surface area contributed by atoms with E-state index in [-0.39, 0.29) is 12.1 Å². The lowest BCUT2D eigenvalue weighted by Gasteiger charge is -2.23. The Kier molecular flexibility index (Phi) is 8.31. The Morgan fingerprint density at radius 2 is 2.08 bits per heavy atom. The topological polar surface area (TPSA) is 69.2 Å². The van der Waals surface area contributed by atoms with Crippen LogP contribution in [0.2, 0.25) is 0 Å². The summed E-state index contributed by atoms with van der Waals surface area (Å²) in [5.41, 5.74) is -0.467. The van der Waals surface area contributed by atoms with Crippen LogP contribution in [0, 0.1) is 0 Å². The van der Waals surface area contributed by atoms with Crippen LogP contribution in [0.1, 0.15) is 40.5 Å². The third kappa shape index (κ3) is 8.38. The highest BCUT2D eigenvalue weighted by atomic mass is 16.6. The first-order chi connectivity index (χ1) is 11.2. The van der Waals surface area contributed by atoms with Gasteiger partial charge in [0, 0.05) is 26.2 Å². The highest BCUT2D eigenvalue weighted by Crippen LogP contribution is 2.12. The first kappa shape index (κ1) is 20.5. The molecule has 1 heterocycles. The van der Waals surface area contributed by atoms with Gasteiger partial charge in [-0.1, -0.05) is 0 Å². The van der Waals surface area contributed by atoms with Crippen molar-refractivity contribution in [1.29, 1.82) is 0 Å². The molecule has 1 atom stereocenters. The number of likely N-dealkylation sites (tertiary alicyclic amines) is 1. The molecule has 0 spiro atoms. The monoisotopic (exact) mass is 341 g/mol. The first-order valence-corrected chi connectivity index (χ1v) is 8.88. The second-order valence-electron chi connectivity index (χ2n) is 7.47. The zero-order valence-corrected chi connectivity index (χ0v) is 16.2. The predicted octanol–water partition coefficient (Wildman–Crippen LogP) is 1.50. The Morgan fingerprint density at radius 1 is 1.38 bits per heavy atom. The van der Waals surface area contributed by atoms with Crippen molar-refractivity contribution in [3.05, 3.63) is 0 Å². The van der Waals surface area contributed by atoms with Crippen molar-refractivity contribution < 1.29 is 9.53 Å². The van der Waals surface area contributed by atoms with E-state index in [1.165, 1.54) is 0 Å². The summed E-state index contributed by atoms with van der Waals surface area (Å²) in [5, 5.41) is 6.30. The largest absolute Gasteiger partial charge is 0.444 e. The Bertz CT molecular complexity index is 418. The number of hydrogen-bond donors (Lipinski definition) is 2. The summed E-state index contributed by atoms with van der Waals surface area (Å²) in [7, 11) is 4.14. The van der Waals surface area contributed by atoms with Crippen LogP contribution in [0.4, 0.5) is 4.79 Å². The lowest BCUT2D eigenvalue weighted by atomic mass is 10.2. The number of ether oxygens (including phenoxy) is 1. The number of carbonyl (C=O) groups excluding carboxylic acids is 1. The molecule has 0 aromatic heterocycles. The molecule has 140 valence electrons. The molecule has 1 unspecified atom stereocenters. The molecule has 0 saturated carbocycles. The number of alkyl carbamates (subject to hydrolysis) is 1. The Morgan fingerprint density at radius 3 is 2.67 bits per heavy atom. The van der Waals surface area contributed by atoms with Gasteiger partial charge in [-0.15, -0.1) is 0 Å². The number of amides is 1. The number of nitrogens with one attached hydrogen (secondary N) is 2. The molecular formula is C17H35N5O2. The maximum Gasteiger partial charge on any atom is 0.407 e. The van der Waals surface area contributed by atoms with Crippen molar-refractivity contribution in [3.8, 4) is 0 Å². The minimum atomic E-state index is -0.467. The summed E-state index contributed by atoms with van der Waals surface area (Å²) < 4.78 is 5.33. The molecule has 0 radical (unpaired) electrons. The van der Waals surface area contributed by atoms with Gasteiger partial charge < -0.3 is 25.2 Å². The van der Waals surface area contributed by atoms with Gasteiger partial charge in [0.15, 0.2) is 5.96 Å². The van der Waals surface area contributed by atoms with E-state index in [9.17, 15) is 4.79 Å². The normalized spacial score (nSPS) is 18.9. The number of rotatable bonds is 6. The molecule has 1 fully saturated rings. The minimum Gasteiger partial charge on any atom is -0.444 e. The minimum absolute atomic E-state index is 0.102. The maximum atomic E-state index is 11.9. The van der Waals surface area contributed by atoms with Crippen molar-refractivity contribution in [2.75, 3.05) is 46.8 Å². The molecule has 0 aliphatic carbocycles. The summed E-state index contributed by atoms with van der Waals surface area (Å²) in [5.74, 6) is 0.935. The number of guanidine groups is 1. The SMILES string of the molecule is CCNC(=NCCCN(C)C)N1CCC(NC(=O)OC(C)(C)C)C1. The number of carbonyl (C=O) groups is 1. The van der Waals surface area contributed by atoms with Gasteiger partial charge in [0.2, 0.25) is 0 Å². The van der Waals surface area contributed by atoms with Crippen molar-refractivity contribution in [3.63, 3.8) is 0 Å². The van der Waals surface area contributed by atoms with E-state index in [2.05, 4.69) is 41.5 Å². The Labute approximate surface area is 146 Å². The van der Waals surface area contributed by atoms with Crippen molar-refractivity contribution >= 4 is 12.1 Å². The number of aliphatic imine (C=N–C) groups is 1. The molecule has 7 nitrogen and oxygen atoms in total. The first-order valence-electron chi connectivity index (χ1n) is 8.88. The fourth-order valence-electron chi connectivity index (χ4n) is 2.54. The number of nitrogens with zero attached hydrogens (tertiary/aromatic N) is 3. The second kappa shape index (κ2) is 9.71. The summed E-state index contributed by atoms with van der Waals surface area (Å²) in [6.45, 7) is 12.0. The highest BCUT2D eigenvalue weighted by molar-refractivity contribution is 5.80. The highest BCUT2D eigenvalue weighted by Gasteiger charge is 2.27. The van der Waals surface area contributed by atoms with Crippen LogP contribution in [0.15, 0.2) is 4.99 Å². The molecule has 1 amide bonds. The van der Waals surface area contributed by atoms with Crippen LogP contribution in [-0.4, -0.2) is 80.3 Å². The third-order valence-corrected chi connectivity index (χ3v) is 3.57. The molecule has 7 heteroatoms. The van der Waals surface area contributed by atoms with E-state index in [1.54, 1.807) is 0 Å². The average Bonchev–Trinajstić information content (AvgIpc) is 2.88. The van der Waals surface area contributed by atoms with Gasteiger partial charge in [-0.3, -0.25) is 4.99 Å². The molecule has 2 N–H and O–H groups in total. The molecule has 1 aliphatic rings. The van der Waals surface area contributed by atoms with Crippen LogP contribution in [-0.2, 0) is 4.74 Å². The zero-order valence-electron chi connectivity index (χ0n) is 16.2. The van der Waals surface area contributed by atoms with Gasteiger partial charge in [0.25, 0.3) is 0 Å². The van der Waals surface area contributed by atoms with Crippen LogP contribution in [0.5, 0.6) is 0 Å². The van der Waals surface area contributed by atoms with Crippen LogP contribution < -0.4 is 10.6 Å². The van der Waals surface area contributed by atoms with E-state index < -0.39 is 5.60 Å². The summed E-state index contributed by atoms with van der Waals surface area (Å²) in [6, 6.07) is 0.102. The van der Waals surface area contributed by atoms with Crippen molar-refractivity contribution in [2.45, 2.75) is 52.2 Å². The van der Waals surface area contributed by atoms with Crippen LogP contribution in [0.3, 0.4) is 0 Å². The van der Waals surface area contributed by atoms with Crippen molar-refractivity contribution in [1.82, 2.24) is 20.4 Å². The van der Waals surface area contributed by atoms with E-state index in [0.717, 1.165) is 51.5 Å². The fourth-order valence-corrected chi connectivity index (χ4v) is 2.54. The van der Waals surface area contributed by atoms with Gasteiger partial charge in [0.1, 0.15) is 5.60 Å². The van der Waals surface area contributed by atoms with E-state index in [1.807, 2.05) is 20.8 Å². The molecule has 24 heavy (non-hydrogen) atoms. The number of hydrogen-bond acceptors (Lipinski definition) is 4. The van der Waals surface area contributed by atoms with Crippen molar-refractivity contribution in [2.24, 2.45) is 4.99 Å². The maximum absolute atomic E-state index is 11.9. The van der Waals surface area contributed by atoms with Gasteiger partial charge in [-0.25, -0.2) is 4.79 Å². The van der Waals surface area contributed by atoms with Gasteiger partial charge in [-0.2, -0.15) is 0 Å². The van der Waals surface area contributed by atoms with E-state index >= 15 is 0 Å². The predicted molar refractivity (Wildman–Crippen MR) is 98.5 cm³/mol. The summed E-state index contributed by atoms with van der Waals surface area (Å²) in [6.07, 6.45) is 1.60. The molecule has 0 aromatic carbocycles.